The van der Waals surface area contributed by atoms with Crippen LogP contribution in [0.3, 0.4) is 0 Å². The van der Waals surface area contributed by atoms with E-state index in [9.17, 15) is 9.18 Å². The van der Waals surface area contributed by atoms with Gasteiger partial charge >= 0.3 is 5.97 Å². The second-order valence-electron chi connectivity index (χ2n) is 8.59. The molecule has 0 radical (unpaired) electrons. The van der Waals surface area contributed by atoms with Gasteiger partial charge < -0.3 is 9.84 Å². The van der Waals surface area contributed by atoms with E-state index in [1.165, 1.54) is 6.07 Å². The van der Waals surface area contributed by atoms with Gasteiger partial charge in [0, 0.05) is 17.7 Å². The van der Waals surface area contributed by atoms with Crippen LogP contribution in [0.2, 0.25) is 0 Å². The van der Waals surface area contributed by atoms with E-state index in [4.69, 9.17) is 14.9 Å². The number of carboxylic acid groups (broad SMARTS) is 1. The van der Waals surface area contributed by atoms with Crippen molar-refractivity contribution in [3.8, 4) is 22.4 Å². The molecule has 1 aromatic heterocycles. The summed E-state index contributed by atoms with van der Waals surface area (Å²) in [5, 5.41) is 14.8. The Morgan fingerprint density at radius 1 is 1.09 bits per heavy atom. The number of carboxylic acids is 1. The first-order valence-electron chi connectivity index (χ1n) is 11.3. The molecule has 7 heteroatoms. The Bertz CT molecular complexity index is 1080. The monoisotopic (exact) mass is 468 g/mol. The van der Waals surface area contributed by atoms with E-state index in [1.807, 2.05) is 42.7 Å². The van der Waals surface area contributed by atoms with Crippen molar-refractivity contribution in [2.24, 2.45) is 11.8 Å². The highest BCUT2D eigenvalue weighted by Gasteiger charge is 2.26. The molecule has 33 heavy (non-hydrogen) atoms. The average molecular weight is 469 g/mol. The van der Waals surface area contributed by atoms with Gasteiger partial charge in [-0.05, 0) is 61.5 Å². The molecule has 174 valence electrons. The molecule has 0 atom stereocenters. The number of hydrogen-bond acceptors (Lipinski definition) is 4. The predicted molar refractivity (Wildman–Crippen MR) is 129 cm³/mol. The van der Waals surface area contributed by atoms with Crippen LogP contribution in [0, 0.1) is 17.7 Å². The number of benzene rings is 2. The van der Waals surface area contributed by atoms with Crippen molar-refractivity contribution >= 4 is 17.7 Å². The van der Waals surface area contributed by atoms with Gasteiger partial charge in [-0.2, -0.15) is 5.10 Å². The van der Waals surface area contributed by atoms with Gasteiger partial charge in [0.15, 0.2) is 0 Å². The number of rotatable bonds is 9. The van der Waals surface area contributed by atoms with Crippen molar-refractivity contribution in [1.29, 1.82) is 0 Å². The van der Waals surface area contributed by atoms with Crippen LogP contribution in [0.15, 0.2) is 59.6 Å². The Morgan fingerprint density at radius 3 is 2.45 bits per heavy atom. The number of aliphatic carboxylic acids is 1. The first-order chi connectivity index (χ1) is 16.0. The first-order valence-corrected chi connectivity index (χ1v) is 12.5. The third-order valence-electron chi connectivity index (χ3n) is 6.24. The maximum atomic E-state index is 14.1. The van der Waals surface area contributed by atoms with Crippen LogP contribution >= 0.6 is 11.8 Å². The molecular formula is C26H29FN2O3S. The standard InChI is InChI=1S/C26H29FN2O3S/c1-33-26-24(21-8-5-9-22(27)14-21)25(20-6-3-2-4-7-20)28-29(26)15-18-10-12-19(13-11-18)16-32-17-23(30)31/h2-9,14,18-19H,10-13,15-17H2,1H3,(H,30,31)/t18-,19+. The molecule has 0 saturated heterocycles. The largest absolute Gasteiger partial charge is 0.480 e. The fraction of sp³-hybridized carbons (Fsp3) is 0.385. The van der Waals surface area contributed by atoms with Crippen molar-refractivity contribution in [2.75, 3.05) is 19.5 Å². The van der Waals surface area contributed by atoms with Gasteiger partial charge in [-0.3, -0.25) is 4.68 Å². The molecule has 2 aromatic carbocycles. The van der Waals surface area contributed by atoms with E-state index in [0.717, 1.165) is 59.6 Å². The molecule has 0 spiro atoms. The van der Waals surface area contributed by atoms with Crippen LogP contribution in [0.25, 0.3) is 22.4 Å². The third-order valence-corrected chi connectivity index (χ3v) is 7.04. The Morgan fingerprint density at radius 2 is 1.79 bits per heavy atom. The predicted octanol–water partition coefficient (Wildman–Crippen LogP) is 5.99. The van der Waals surface area contributed by atoms with Gasteiger partial charge in [0.05, 0.1) is 6.61 Å². The topological polar surface area (TPSA) is 64.4 Å². The van der Waals surface area contributed by atoms with Crippen LogP contribution in [-0.2, 0) is 16.1 Å². The summed E-state index contributed by atoms with van der Waals surface area (Å²) >= 11 is 1.64. The second kappa shape index (κ2) is 11.0. The summed E-state index contributed by atoms with van der Waals surface area (Å²) in [4.78, 5) is 10.7. The highest BCUT2D eigenvalue weighted by molar-refractivity contribution is 7.98. The second-order valence-corrected chi connectivity index (χ2v) is 9.38. The Labute approximate surface area is 198 Å². The lowest BCUT2D eigenvalue weighted by Gasteiger charge is -2.28. The van der Waals surface area contributed by atoms with Crippen LogP contribution < -0.4 is 0 Å². The maximum absolute atomic E-state index is 14.1. The summed E-state index contributed by atoms with van der Waals surface area (Å²) in [5.74, 6) is -0.262. The number of nitrogens with zero attached hydrogens (tertiary/aromatic N) is 2. The SMILES string of the molecule is CSc1c(-c2cccc(F)c2)c(-c2ccccc2)nn1C[C@H]1CC[C@@H](COCC(=O)O)CC1. The van der Waals surface area contributed by atoms with Crippen molar-refractivity contribution < 1.29 is 19.0 Å². The fourth-order valence-corrected chi connectivity index (χ4v) is 5.36. The van der Waals surface area contributed by atoms with E-state index in [1.54, 1.807) is 23.9 Å². The minimum Gasteiger partial charge on any atom is -0.480 e. The molecule has 4 rings (SSSR count). The molecule has 1 aliphatic carbocycles. The Hall–Kier alpha value is -2.64. The van der Waals surface area contributed by atoms with E-state index >= 15 is 0 Å². The third kappa shape index (κ3) is 5.84. The molecule has 1 heterocycles. The lowest BCUT2D eigenvalue weighted by Crippen LogP contribution is -2.23. The Balaban J connectivity index is 1.56. The molecule has 0 unspecified atom stereocenters. The minimum absolute atomic E-state index is 0.227. The lowest BCUT2D eigenvalue weighted by molar-refractivity contribution is -0.142. The van der Waals surface area contributed by atoms with Crippen molar-refractivity contribution in [3.05, 3.63) is 60.4 Å². The molecule has 1 saturated carbocycles. The zero-order chi connectivity index (χ0) is 23.2. The number of ether oxygens (including phenoxy) is 1. The fourth-order valence-electron chi connectivity index (χ4n) is 4.62. The van der Waals surface area contributed by atoms with Crippen molar-refractivity contribution in [1.82, 2.24) is 9.78 Å². The number of halogens is 1. The molecule has 1 aliphatic rings. The van der Waals surface area contributed by atoms with Gasteiger partial charge in [-0.15, -0.1) is 11.8 Å². The first kappa shape index (κ1) is 23.5. The lowest BCUT2D eigenvalue weighted by atomic mass is 9.82. The summed E-state index contributed by atoms with van der Waals surface area (Å²) in [6, 6.07) is 16.8. The van der Waals surface area contributed by atoms with Gasteiger partial charge in [-0.1, -0.05) is 42.5 Å². The number of hydrogen-bond donors (Lipinski definition) is 1. The van der Waals surface area contributed by atoms with Crippen LogP contribution in [0.5, 0.6) is 0 Å². The molecule has 0 bridgehead atoms. The van der Waals surface area contributed by atoms with Crippen LogP contribution in [0.4, 0.5) is 4.39 Å². The quantitative estimate of drug-likeness (QED) is 0.391. The maximum Gasteiger partial charge on any atom is 0.329 e. The van der Waals surface area contributed by atoms with E-state index in [-0.39, 0.29) is 12.4 Å². The number of carbonyl (C=O) groups is 1. The summed E-state index contributed by atoms with van der Waals surface area (Å²) in [5.41, 5.74) is 3.71. The summed E-state index contributed by atoms with van der Waals surface area (Å²) in [7, 11) is 0. The van der Waals surface area contributed by atoms with E-state index in [0.29, 0.717) is 18.4 Å². The number of thioether (sulfide) groups is 1. The summed E-state index contributed by atoms with van der Waals surface area (Å²) in [6.07, 6.45) is 6.22. The van der Waals surface area contributed by atoms with E-state index < -0.39 is 5.97 Å². The summed E-state index contributed by atoms with van der Waals surface area (Å²) < 4.78 is 21.5. The molecule has 1 N–H and O–H groups in total. The Kier molecular flexibility index (Phi) is 7.83. The van der Waals surface area contributed by atoms with Gasteiger partial charge in [0.2, 0.25) is 0 Å². The van der Waals surface area contributed by atoms with E-state index in [2.05, 4.69) is 4.68 Å². The molecule has 5 nitrogen and oxygen atoms in total. The highest BCUT2D eigenvalue weighted by atomic mass is 32.2. The zero-order valence-electron chi connectivity index (χ0n) is 18.7. The normalized spacial score (nSPS) is 18.4. The highest BCUT2D eigenvalue weighted by Crippen LogP contribution is 2.40. The summed E-state index contributed by atoms with van der Waals surface area (Å²) in [6.45, 7) is 1.10. The van der Waals surface area contributed by atoms with Crippen LogP contribution in [-0.4, -0.2) is 40.3 Å². The molecule has 0 amide bonds. The minimum atomic E-state index is -0.921. The average Bonchev–Trinajstić information content (AvgIpc) is 3.18. The molecule has 1 fully saturated rings. The zero-order valence-corrected chi connectivity index (χ0v) is 19.6. The molecule has 3 aromatic rings. The van der Waals surface area contributed by atoms with Gasteiger partial charge in [0.1, 0.15) is 23.1 Å². The van der Waals surface area contributed by atoms with Crippen molar-refractivity contribution in [3.63, 3.8) is 0 Å². The van der Waals surface area contributed by atoms with Gasteiger partial charge in [-0.25, -0.2) is 9.18 Å². The smallest absolute Gasteiger partial charge is 0.329 e. The number of aromatic nitrogens is 2. The van der Waals surface area contributed by atoms with Crippen LogP contribution in [0.1, 0.15) is 25.7 Å². The van der Waals surface area contributed by atoms with Crippen molar-refractivity contribution in [2.45, 2.75) is 37.3 Å². The van der Waals surface area contributed by atoms with Gasteiger partial charge in [0.25, 0.3) is 0 Å². The molecular weight excluding hydrogens is 439 g/mol. The molecule has 0 aliphatic heterocycles.